The van der Waals surface area contributed by atoms with Gasteiger partial charge in [-0.05, 0) is 51.0 Å². The van der Waals surface area contributed by atoms with Gasteiger partial charge in [0, 0.05) is 17.7 Å². The first-order valence-electron chi connectivity index (χ1n) is 9.71. The third-order valence-corrected chi connectivity index (χ3v) is 5.72. The fourth-order valence-corrected chi connectivity index (χ4v) is 3.33. The number of nitrogens with two attached hydrogens (primary N) is 1. The van der Waals surface area contributed by atoms with Crippen LogP contribution in [0.25, 0.3) is 11.8 Å². The Morgan fingerprint density at radius 1 is 1.30 bits per heavy atom. The highest BCUT2D eigenvalue weighted by atomic mass is 16.7. The van der Waals surface area contributed by atoms with Crippen molar-refractivity contribution in [2.24, 2.45) is 0 Å². The summed E-state index contributed by atoms with van der Waals surface area (Å²) < 4.78 is 18.6. The maximum absolute atomic E-state index is 12.5. The van der Waals surface area contributed by atoms with Gasteiger partial charge < -0.3 is 19.8 Å². The van der Waals surface area contributed by atoms with E-state index in [2.05, 4.69) is 9.72 Å². The highest BCUT2D eigenvalue weighted by molar-refractivity contribution is 6.63. The van der Waals surface area contributed by atoms with Gasteiger partial charge in [0.15, 0.2) is 0 Å². The quantitative estimate of drug-likeness (QED) is 0.454. The molecule has 1 aliphatic rings. The van der Waals surface area contributed by atoms with Crippen molar-refractivity contribution in [3.63, 3.8) is 0 Å². The number of nitrogen functional groups attached to an aromatic ring is 1. The van der Waals surface area contributed by atoms with Gasteiger partial charge in [-0.3, -0.25) is 4.57 Å². The van der Waals surface area contributed by atoms with E-state index < -0.39 is 30.0 Å². The first-order valence-corrected chi connectivity index (χ1v) is 9.71. The van der Waals surface area contributed by atoms with Crippen LogP contribution in [0.2, 0.25) is 0 Å². The van der Waals surface area contributed by atoms with Crippen molar-refractivity contribution in [3.8, 4) is 5.69 Å². The first-order chi connectivity index (χ1) is 14.1. The first kappa shape index (κ1) is 21.8. The summed E-state index contributed by atoms with van der Waals surface area (Å²) in [5.41, 5.74) is 5.98. The van der Waals surface area contributed by atoms with Crippen LogP contribution in [0.3, 0.4) is 0 Å². The van der Waals surface area contributed by atoms with Gasteiger partial charge >= 0.3 is 18.8 Å². The summed E-state index contributed by atoms with van der Waals surface area (Å²) in [4.78, 5) is 27.8. The zero-order chi connectivity index (χ0) is 22.1. The number of hydrogen-bond acceptors (Lipinski definition) is 7. The minimum atomic E-state index is -0.678. The third kappa shape index (κ3) is 4.03. The van der Waals surface area contributed by atoms with Crippen molar-refractivity contribution < 1.29 is 18.8 Å². The lowest BCUT2D eigenvalue weighted by Crippen LogP contribution is -2.44. The van der Waals surface area contributed by atoms with Crippen molar-refractivity contribution in [2.45, 2.75) is 45.3 Å². The number of carbonyl (C=O) groups is 1. The molecule has 1 fully saturated rings. The summed E-state index contributed by atoms with van der Waals surface area (Å²) in [6.45, 7) is 8.03. The topological polar surface area (TPSA) is 106 Å². The molecule has 1 aromatic heterocycles. The Bertz CT molecular complexity index is 1050. The number of methoxy groups -OCH3 is 1. The van der Waals surface area contributed by atoms with Crippen LogP contribution in [0.4, 0.5) is 5.82 Å². The summed E-state index contributed by atoms with van der Waals surface area (Å²) in [6, 6.07) is 6.93. The lowest BCUT2D eigenvalue weighted by atomic mass is 9.77. The maximum atomic E-state index is 12.5. The summed E-state index contributed by atoms with van der Waals surface area (Å²) in [7, 11) is 0.630. The molecule has 0 spiro atoms. The predicted octanol–water partition coefficient (Wildman–Crippen LogP) is 1.69. The lowest BCUT2D eigenvalue weighted by molar-refractivity contribution is -0.134. The molecule has 1 aliphatic heterocycles. The number of rotatable bonds is 5. The van der Waals surface area contributed by atoms with E-state index in [-0.39, 0.29) is 5.82 Å². The molecule has 3 rings (SSSR count). The zero-order valence-corrected chi connectivity index (χ0v) is 17.8. The highest BCUT2D eigenvalue weighted by Crippen LogP contribution is 2.39. The van der Waals surface area contributed by atoms with Crippen molar-refractivity contribution >= 4 is 30.4 Å². The maximum Gasteiger partial charge on any atom is 0.497 e. The van der Waals surface area contributed by atoms with Crippen LogP contribution >= 0.6 is 0 Å². The second-order valence-corrected chi connectivity index (χ2v) is 7.84. The van der Waals surface area contributed by atoms with Crippen molar-refractivity contribution in [2.75, 3.05) is 12.8 Å². The van der Waals surface area contributed by atoms with E-state index in [0.29, 0.717) is 16.7 Å². The van der Waals surface area contributed by atoms with E-state index >= 15 is 0 Å². The SMILES string of the molecule is CCC1(C)OB(c2ccc(/C=C/C(=O)OC)cc2-n2ccc(N)nc2=O)OC1(C)C. The largest absolute Gasteiger partial charge is 0.497 e. The van der Waals surface area contributed by atoms with Crippen molar-refractivity contribution in [3.05, 3.63) is 52.6 Å². The van der Waals surface area contributed by atoms with Crippen LogP contribution in [0, 0.1) is 0 Å². The van der Waals surface area contributed by atoms with E-state index in [1.807, 2.05) is 39.8 Å². The molecule has 0 bridgehead atoms. The van der Waals surface area contributed by atoms with Crippen LogP contribution in [0.1, 0.15) is 39.7 Å². The molecule has 1 saturated heterocycles. The van der Waals surface area contributed by atoms with Gasteiger partial charge in [0.05, 0.1) is 24.0 Å². The monoisotopic (exact) mass is 411 g/mol. The number of anilines is 1. The Hall–Kier alpha value is -2.91. The van der Waals surface area contributed by atoms with E-state index in [1.165, 1.54) is 17.8 Å². The lowest BCUT2D eigenvalue weighted by Gasteiger charge is -2.35. The van der Waals surface area contributed by atoms with Crippen LogP contribution < -0.4 is 16.9 Å². The number of benzene rings is 1. The van der Waals surface area contributed by atoms with Crippen LogP contribution in [-0.4, -0.2) is 41.0 Å². The molecule has 30 heavy (non-hydrogen) atoms. The Labute approximate surface area is 175 Å². The molecule has 158 valence electrons. The normalized spacial score (nSPS) is 20.6. The zero-order valence-electron chi connectivity index (χ0n) is 17.8. The fraction of sp³-hybridized carbons (Fsp3) is 0.381. The number of carbonyl (C=O) groups excluding carboxylic acids is 1. The van der Waals surface area contributed by atoms with Gasteiger partial charge in [-0.25, -0.2) is 9.59 Å². The molecule has 0 radical (unpaired) electrons. The fourth-order valence-electron chi connectivity index (χ4n) is 3.33. The number of nitrogens with zero attached hydrogens (tertiary/aromatic N) is 2. The molecule has 0 aliphatic carbocycles. The van der Waals surface area contributed by atoms with Crippen LogP contribution in [0.15, 0.2) is 41.3 Å². The van der Waals surface area contributed by atoms with E-state index in [9.17, 15) is 9.59 Å². The molecular formula is C21H26BN3O5. The Morgan fingerprint density at radius 2 is 2.03 bits per heavy atom. The molecule has 1 aromatic carbocycles. The molecule has 1 atom stereocenters. The summed E-state index contributed by atoms with van der Waals surface area (Å²) >= 11 is 0. The molecule has 0 saturated carbocycles. The van der Waals surface area contributed by atoms with Crippen molar-refractivity contribution in [1.82, 2.24) is 9.55 Å². The predicted molar refractivity (Wildman–Crippen MR) is 116 cm³/mol. The Balaban J connectivity index is 2.12. The Morgan fingerprint density at radius 3 is 2.63 bits per heavy atom. The third-order valence-electron chi connectivity index (χ3n) is 5.72. The van der Waals surface area contributed by atoms with Gasteiger partial charge in [0.1, 0.15) is 5.82 Å². The number of hydrogen-bond donors (Lipinski definition) is 1. The molecule has 1 unspecified atom stereocenters. The van der Waals surface area contributed by atoms with E-state index in [0.717, 1.165) is 6.42 Å². The average Bonchev–Trinajstić information content (AvgIpc) is 2.95. The highest BCUT2D eigenvalue weighted by Gasteiger charge is 2.54. The minimum absolute atomic E-state index is 0.132. The molecular weight excluding hydrogens is 385 g/mol. The standard InChI is InChI=1S/C21H26BN3O5/c1-6-21(4)20(2,3)29-22(30-21)15-9-7-14(8-10-18(26)28-5)13-16(15)25-12-11-17(23)24-19(25)27/h7-13H,6H2,1-5H3,(H2,23,24,27)/b10-8+. The molecule has 2 N–H and O–H groups in total. The van der Waals surface area contributed by atoms with Gasteiger partial charge in [0.2, 0.25) is 0 Å². The smallest absolute Gasteiger partial charge is 0.466 e. The minimum Gasteiger partial charge on any atom is -0.466 e. The van der Waals surface area contributed by atoms with Crippen molar-refractivity contribution in [1.29, 1.82) is 0 Å². The van der Waals surface area contributed by atoms with Gasteiger partial charge in [-0.1, -0.05) is 19.1 Å². The summed E-state index contributed by atoms with van der Waals surface area (Å²) in [5, 5.41) is 0. The average molecular weight is 411 g/mol. The number of esters is 1. The van der Waals surface area contributed by atoms with Gasteiger partial charge in [-0.2, -0.15) is 4.98 Å². The van der Waals surface area contributed by atoms with Gasteiger partial charge in [0.25, 0.3) is 0 Å². The second-order valence-electron chi connectivity index (χ2n) is 7.84. The molecule has 2 heterocycles. The van der Waals surface area contributed by atoms with Gasteiger partial charge in [-0.15, -0.1) is 0 Å². The van der Waals surface area contributed by atoms with E-state index in [1.54, 1.807) is 24.4 Å². The Kier molecular flexibility index (Phi) is 5.87. The van der Waals surface area contributed by atoms with E-state index in [4.69, 9.17) is 15.0 Å². The summed E-state index contributed by atoms with van der Waals surface area (Å²) in [5.74, 6) is -0.345. The molecule has 8 nitrogen and oxygen atoms in total. The number of ether oxygens (including phenoxy) is 1. The second kappa shape index (κ2) is 8.08. The molecule has 9 heteroatoms. The van der Waals surface area contributed by atoms with Crippen LogP contribution in [0.5, 0.6) is 0 Å². The van der Waals surface area contributed by atoms with Crippen LogP contribution in [-0.2, 0) is 18.8 Å². The molecule has 2 aromatic rings. The number of aromatic nitrogens is 2. The molecule has 0 amide bonds. The summed E-state index contributed by atoms with van der Waals surface area (Å²) in [6.07, 6.45) is 5.22.